The molecule has 1 aromatic rings. The van der Waals surface area contributed by atoms with Crippen LogP contribution >= 0.6 is 23.2 Å². The maximum Gasteiger partial charge on any atom is 0.312 e. The Morgan fingerprint density at radius 1 is 1.47 bits per heavy atom. The van der Waals surface area contributed by atoms with Crippen LogP contribution in [-0.4, -0.2) is 17.4 Å². The molecule has 0 aromatic heterocycles. The Hall–Kier alpha value is -1.000. The van der Waals surface area contributed by atoms with Crippen molar-refractivity contribution in [3.8, 4) is 5.75 Å². The quantitative estimate of drug-likeness (QED) is 0.349. The summed E-state index contributed by atoms with van der Waals surface area (Å²) in [6.45, 7) is 0.314. The van der Waals surface area contributed by atoms with Gasteiger partial charge in [-0.15, -0.1) is 11.6 Å². The number of alkyl halides is 1. The molecule has 0 radical (unpaired) electrons. The zero-order valence-corrected chi connectivity index (χ0v) is 9.29. The van der Waals surface area contributed by atoms with E-state index < -0.39 is 4.92 Å². The second-order valence-electron chi connectivity index (χ2n) is 2.74. The van der Waals surface area contributed by atoms with Crippen molar-refractivity contribution in [2.24, 2.45) is 0 Å². The van der Waals surface area contributed by atoms with Gasteiger partial charge in [0.05, 0.1) is 16.6 Å². The molecule has 0 aliphatic carbocycles. The lowest BCUT2D eigenvalue weighted by Crippen LogP contribution is -2.01. The average molecular weight is 250 g/mol. The van der Waals surface area contributed by atoms with Crippen molar-refractivity contribution < 1.29 is 9.66 Å². The molecule has 0 amide bonds. The van der Waals surface area contributed by atoms with E-state index in [1.807, 2.05) is 0 Å². The van der Waals surface area contributed by atoms with E-state index in [0.717, 1.165) is 0 Å². The molecule has 0 aliphatic heterocycles. The highest BCUT2D eigenvalue weighted by Crippen LogP contribution is 2.34. The minimum atomic E-state index is -0.526. The predicted molar refractivity (Wildman–Crippen MR) is 58.9 cm³/mol. The van der Waals surface area contributed by atoms with Gasteiger partial charge >= 0.3 is 5.69 Å². The molecule has 0 fully saturated rings. The van der Waals surface area contributed by atoms with Gasteiger partial charge in [-0.3, -0.25) is 10.1 Å². The van der Waals surface area contributed by atoms with Crippen molar-refractivity contribution in [2.45, 2.75) is 6.42 Å². The Balaban J connectivity index is 2.87. The molecule has 1 aromatic carbocycles. The average Bonchev–Trinajstić information content (AvgIpc) is 2.20. The zero-order chi connectivity index (χ0) is 11.3. The highest BCUT2D eigenvalue weighted by Gasteiger charge is 2.17. The number of ether oxygens (including phenoxy) is 1. The Labute approximate surface area is 96.9 Å². The molecule has 15 heavy (non-hydrogen) atoms. The number of halogens is 2. The third-order valence-electron chi connectivity index (χ3n) is 1.67. The number of rotatable bonds is 5. The van der Waals surface area contributed by atoms with Gasteiger partial charge in [0.1, 0.15) is 0 Å². The summed E-state index contributed by atoms with van der Waals surface area (Å²) in [6, 6.07) is 4.40. The molecule has 0 saturated heterocycles. The maximum atomic E-state index is 10.6. The molecule has 0 bridgehead atoms. The number of hydrogen-bond acceptors (Lipinski definition) is 3. The standard InChI is InChI=1S/C9H9Cl2NO3/c10-5-2-6-15-9-7(11)3-1-4-8(9)12(13)14/h1,3-4H,2,5-6H2. The summed E-state index contributed by atoms with van der Waals surface area (Å²) in [5.74, 6) is 0.549. The number of nitro benzene ring substituents is 1. The number of benzene rings is 1. The fourth-order valence-electron chi connectivity index (χ4n) is 1.01. The molecule has 4 nitrogen and oxygen atoms in total. The van der Waals surface area contributed by atoms with Gasteiger partial charge in [-0.25, -0.2) is 0 Å². The topological polar surface area (TPSA) is 52.4 Å². The lowest BCUT2D eigenvalue weighted by molar-refractivity contribution is -0.385. The Morgan fingerprint density at radius 2 is 2.20 bits per heavy atom. The smallest absolute Gasteiger partial charge is 0.312 e. The third-order valence-corrected chi connectivity index (χ3v) is 2.23. The van der Waals surface area contributed by atoms with Crippen LogP contribution in [0.1, 0.15) is 6.42 Å². The first kappa shape index (κ1) is 12.1. The summed E-state index contributed by atoms with van der Waals surface area (Å²) < 4.78 is 5.21. The molecular formula is C9H9Cl2NO3. The number of para-hydroxylation sites is 1. The summed E-state index contributed by atoms with van der Waals surface area (Å²) in [5, 5.41) is 10.9. The highest BCUT2D eigenvalue weighted by atomic mass is 35.5. The second-order valence-corrected chi connectivity index (χ2v) is 3.52. The predicted octanol–water partition coefficient (Wildman–Crippen LogP) is 3.26. The molecule has 0 aliphatic rings. The van der Waals surface area contributed by atoms with E-state index in [-0.39, 0.29) is 16.5 Å². The molecule has 0 saturated carbocycles. The normalized spacial score (nSPS) is 10.0. The fraction of sp³-hybridized carbons (Fsp3) is 0.333. The molecule has 0 spiro atoms. The number of nitrogens with zero attached hydrogens (tertiary/aromatic N) is 1. The van der Waals surface area contributed by atoms with E-state index in [1.54, 1.807) is 6.07 Å². The number of hydrogen-bond donors (Lipinski definition) is 0. The monoisotopic (exact) mass is 249 g/mol. The summed E-state index contributed by atoms with van der Waals surface area (Å²) in [6.07, 6.45) is 0.615. The van der Waals surface area contributed by atoms with E-state index >= 15 is 0 Å². The number of nitro groups is 1. The largest absolute Gasteiger partial charge is 0.486 e. The summed E-state index contributed by atoms with van der Waals surface area (Å²) >= 11 is 11.3. The zero-order valence-electron chi connectivity index (χ0n) is 7.78. The van der Waals surface area contributed by atoms with Gasteiger partial charge < -0.3 is 4.74 Å². The van der Waals surface area contributed by atoms with Crippen LogP contribution in [-0.2, 0) is 0 Å². The van der Waals surface area contributed by atoms with Crippen LogP contribution in [0.4, 0.5) is 5.69 Å². The molecule has 6 heteroatoms. The minimum absolute atomic E-state index is 0.106. The van der Waals surface area contributed by atoms with Crippen molar-refractivity contribution in [2.75, 3.05) is 12.5 Å². The van der Waals surface area contributed by atoms with Gasteiger partial charge in [0, 0.05) is 11.9 Å². The first-order chi connectivity index (χ1) is 7.16. The van der Waals surface area contributed by atoms with Crippen molar-refractivity contribution in [1.82, 2.24) is 0 Å². The molecule has 0 atom stereocenters. The third kappa shape index (κ3) is 3.25. The van der Waals surface area contributed by atoms with Crippen molar-refractivity contribution >= 4 is 28.9 Å². The second kappa shape index (κ2) is 5.78. The van der Waals surface area contributed by atoms with Gasteiger partial charge in [0.15, 0.2) is 0 Å². The first-order valence-electron chi connectivity index (χ1n) is 4.28. The van der Waals surface area contributed by atoms with Gasteiger partial charge in [-0.2, -0.15) is 0 Å². The fourth-order valence-corrected chi connectivity index (χ4v) is 1.35. The molecule has 0 unspecified atom stereocenters. The van der Waals surface area contributed by atoms with E-state index in [4.69, 9.17) is 27.9 Å². The minimum Gasteiger partial charge on any atom is -0.486 e. The Kier molecular flexibility index (Phi) is 4.65. The van der Waals surface area contributed by atoms with Crippen LogP contribution in [0.5, 0.6) is 5.75 Å². The van der Waals surface area contributed by atoms with Crippen LogP contribution in [0, 0.1) is 10.1 Å². The summed E-state index contributed by atoms with van der Waals surface area (Å²) in [4.78, 5) is 10.1. The van der Waals surface area contributed by atoms with Gasteiger partial charge in [-0.1, -0.05) is 17.7 Å². The van der Waals surface area contributed by atoms with E-state index in [1.165, 1.54) is 12.1 Å². The van der Waals surface area contributed by atoms with Crippen LogP contribution in [0.2, 0.25) is 5.02 Å². The molecular weight excluding hydrogens is 241 g/mol. The van der Waals surface area contributed by atoms with E-state index in [9.17, 15) is 10.1 Å². The SMILES string of the molecule is O=[N+]([O-])c1cccc(Cl)c1OCCCCl. The lowest BCUT2D eigenvalue weighted by Gasteiger charge is -2.06. The molecule has 0 N–H and O–H groups in total. The van der Waals surface area contributed by atoms with Crippen LogP contribution < -0.4 is 4.74 Å². The van der Waals surface area contributed by atoms with Gasteiger partial charge in [-0.05, 0) is 12.5 Å². The first-order valence-corrected chi connectivity index (χ1v) is 5.19. The van der Waals surface area contributed by atoms with Crippen LogP contribution in [0.25, 0.3) is 0 Å². The van der Waals surface area contributed by atoms with E-state index in [2.05, 4.69) is 0 Å². The summed E-state index contributed by atoms with van der Waals surface area (Å²) in [5.41, 5.74) is -0.128. The molecule has 82 valence electrons. The van der Waals surface area contributed by atoms with Crippen molar-refractivity contribution in [1.29, 1.82) is 0 Å². The Morgan fingerprint density at radius 3 is 2.80 bits per heavy atom. The van der Waals surface area contributed by atoms with Crippen molar-refractivity contribution in [3.05, 3.63) is 33.3 Å². The molecule has 1 rings (SSSR count). The van der Waals surface area contributed by atoms with Crippen LogP contribution in [0.3, 0.4) is 0 Å². The lowest BCUT2D eigenvalue weighted by atomic mass is 10.3. The highest BCUT2D eigenvalue weighted by molar-refractivity contribution is 6.32. The maximum absolute atomic E-state index is 10.6. The van der Waals surface area contributed by atoms with Crippen molar-refractivity contribution in [3.63, 3.8) is 0 Å². The van der Waals surface area contributed by atoms with Crippen LogP contribution in [0.15, 0.2) is 18.2 Å². The van der Waals surface area contributed by atoms with Gasteiger partial charge in [0.25, 0.3) is 0 Å². The Bertz CT molecular complexity index is 357. The molecule has 0 heterocycles. The van der Waals surface area contributed by atoms with Gasteiger partial charge in [0.2, 0.25) is 5.75 Å². The van der Waals surface area contributed by atoms with E-state index in [0.29, 0.717) is 18.9 Å². The summed E-state index contributed by atoms with van der Waals surface area (Å²) in [7, 11) is 0.